The number of hydrogen-bond donors (Lipinski definition) is 1. The number of hydrogen-bond acceptors (Lipinski definition) is 1. The fourth-order valence-corrected chi connectivity index (χ4v) is 3.33. The number of amides is 1. The topological polar surface area (TPSA) is 34.0 Å². The second kappa shape index (κ2) is 4.58. The van der Waals surface area contributed by atoms with Crippen LogP contribution in [0.4, 0.5) is 4.39 Å². The van der Waals surface area contributed by atoms with E-state index in [0.717, 1.165) is 32.9 Å². The molecule has 106 valence electrons. The van der Waals surface area contributed by atoms with Crippen molar-refractivity contribution in [2.45, 2.75) is 19.5 Å². The molecule has 3 aromatic rings. The van der Waals surface area contributed by atoms with Gasteiger partial charge in [0.05, 0.1) is 6.67 Å². The summed E-state index contributed by atoms with van der Waals surface area (Å²) in [5, 5.41) is 5.15. The van der Waals surface area contributed by atoms with Gasteiger partial charge in [-0.2, -0.15) is 0 Å². The fourth-order valence-electron chi connectivity index (χ4n) is 3.33. The highest BCUT2D eigenvalue weighted by molar-refractivity contribution is 6.14. The van der Waals surface area contributed by atoms with E-state index in [4.69, 9.17) is 0 Å². The standard InChI is InChI=1S/C17H15FN2O/c18-8-3-9-20-14-5-2-1-4-12(14)16-13-10-19-17(21)11(13)6-7-15(16)20/h1-2,4-7H,3,8-10H2,(H,19,21). The van der Waals surface area contributed by atoms with E-state index in [2.05, 4.69) is 22.0 Å². The van der Waals surface area contributed by atoms with Crippen LogP contribution >= 0.6 is 0 Å². The number of carbonyl (C=O) groups is 1. The average Bonchev–Trinajstić information content (AvgIpc) is 3.04. The summed E-state index contributed by atoms with van der Waals surface area (Å²) >= 11 is 0. The van der Waals surface area contributed by atoms with E-state index < -0.39 is 0 Å². The molecular formula is C17H15FN2O. The van der Waals surface area contributed by atoms with Crippen molar-refractivity contribution in [3.63, 3.8) is 0 Å². The molecule has 0 fully saturated rings. The Morgan fingerprint density at radius 1 is 1.14 bits per heavy atom. The van der Waals surface area contributed by atoms with Crippen LogP contribution < -0.4 is 5.32 Å². The van der Waals surface area contributed by atoms with Crippen molar-refractivity contribution in [3.05, 3.63) is 47.5 Å². The van der Waals surface area contributed by atoms with Crippen molar-refractivity contribution < 1.29 is 9.18 Å². The van der Waals surface area contributed by atoms with Gasteiger partial charge in [-0.05, 0) is 30.2 Å². The Hall–Kier alpha value is -2.36. The van der Waals surface area contributed by atoms with E-state index in [-0.39, 0.29) is 12.6 Å². The summed E-state index contributed by atoms with van der Waals surface area (Å²) in [7, 11) is 0. The third-order valence-corrected chi connectivity index (χ3v) is 4.23. The van der Waals surface area contributed by atoms with Gasteiger partial charge in [0.1, 0.15) is 0 Å². The van der Waals surface area contributed by atoms with Gasteiger partial charge < -0.3 is 9.88 Å². The molecule has 4 rings (SSSR count). The highest BCUT2D eigenvalue weighted by atomic mass is 19.1. The van der Waals surface area contributed by atoms with E-state index >= 15 is 0 Å². The molecule has 0 bridgehead atoms. The molecule has 0 aliphatic carbocycles. The molecule has 0 saturated heterocycles. The first kappa shape index (κ1) is 12.4. The smallest absolute Gasteiger partial charge is 0.251 e. The zero-order chi connectivity index (χ0) is 14.4. The van der Waals surface area contributed by atoms with Crippen LogP contribution in [0.25, 0.3) is 21.8 Å². The molecular weight excluding hydrogens is 267 g/mol. The molecule has 0 saturated carbocycles. The molecule has 1 aliphatic heterocycles. The zero-order valence-corrected chi connectivity index (χ0v) is 11.5. The van der Waals surface area contributed by atoms with E-state index in [9.17, 15) is 9.18 Å². The number of aromatic nitrogens is 1. The molecule has 0 unspecified atom stereocenters. The maximum absolute atomic E-state index is 12.6. The summed E-state index contributed by atoms with van der Waals surface area (Å²) in [4.78, 5) is 11.9. The lowest BCUT2D eigenvalue weighted by Crippen LogP contribution is -2.12. The predicted molar refractivity (Wildman–Crippen MR) is 81.2 cm³/mol. The fraction of sp³-hybridized carbons (Fsp3) is 0.235. The molecule has 4 heteroatoms. The quantitative estimate of drug-likeness (QED) is 0.785. The first-order valence-corrected chi connectivity index (χ1v) is 7.18. The van der Waals surface area contributed by atoms with Crippen molar-refractivity contribution in [1.82, 2.24) is 9.88 Å². The third-order valence-electron chi connectivity index (χ3n) is 4.23. The minimum absolute atomic E-state index is 0.00695. The Morgan fingerprint density at radius 3 is 2.86 bits per heavy atom. The van der Waals surface area contributed by atoms with E-state index in [1.807, 2.05) is 24.3 Å². The SMILES string of the molecule is O=C1NCc2c1ccc1c2c2ccccc2n1CCCF. The van der Waals surface area contributed by atoms with Crippen LogP contribution in [0.5, 0.6) is 0 Å². The van der Waals surface area contributed by atoms with Crippen LogP contribution in [0.3, 0.4) is 0 Å². The maximum Gasteiger partial charge on any atom is 0.251 e. The monoisotopic (exact) mass is 282 g/mol. The second-order valence-electron chi connectivity index (χ2n) is 5.38. The summed E-state index contributed by atoms with van der Waals surface area (Å²) in [5.41, 5.74) is 4.01. The van der Waals surface area contributed by atoms with Crippen LogP contribution in [0.1, 0.15) is 22.3 Å². The summed E-state index contributed by atoms with van der Waals surface area (Å²) in [6, 6.07) is 12.0. The number of nitrogens with zero attached hydrogens (tertiary/aromatic N) is 1. The average molecular weight is 282 g/mol. The lowest BCUT2D eigenvalue weighted by atomic mass is 10.0. The number of aryl methyl sites for hydroxylation is 1. The van der Waals surface area contributed by atoms with E-state index in [1.165, 1.54) is 0 Å². The Morgan fingerprint density at radius 2 is 2.00 bits per heavy atom. The van der Waals surface area contributed by atoms with Crippen LogP contribution in [-0.2, 0) is 13.1 Å². The van der Waals surface area contributed by atoms with Gasteiger partial charge in [0.2, 0.25) is 0 Å². The minimum Gasteiger partial charge on any atom is -0.348 e. The van der Waals surface area contributed by atoms with Gasteiger partial charge in [-0.25, -0.2) is 0 Å². The van der Waals surface area contributed by atoms with Gasteiger partial charge in [-0.3, -0.25) is 9.18 Å². The molecule has 0 radical (unpaired) electrons. The summed E-state index contributed by atoms with van der Waals surface area (Å²) < 4.78 is 14.7. The number of benzene rings is 2. The lowest BCUT2D eigenvalue weighted by Gasteiger charge is -2.06. The number of carbonyl (C=O) groups excluding carboxylic acids is 1. The Kier molecular flexibility index (Phi) is 2.70. The number of para-hydroxylation sites is 1. The Balaban J connectivity index is 2.10. The van der Waals surface area contributed by atoms with Crippen molar-refractivity contribution in [2.75, 3.05) is 6.67 Å². The highest BCUT2D eigenvalue weighted by Gasteiger charge is 2.24. The van der Waals surface area contributed by atoms with Crippen molar-refractivity contribution in [3.8, 4) is 0 Å². The van der Waals surface area contributed by atoms with Crippen molar-refractivity contribution in [2.24, 2.45) is 0 Å². The van der Waals surface area contributed by atoms with Gasteiger partial charge in [0.15, 0.2) is 0 Å². The molecule has 2 aromatic carbocycles. The number of halogens is 1. The molecule has 0 spiro atoms. The van der Waals surface area contributed by atoms with Gasteiger partial charge in [-0.15, -0.1) is 0 Å². The summed E-state index contributed by atoms with van der Waals surface area (Å²) in [6.45, 7) is 0.905. The van der Waals surface area contributed by atoms with E-state index in [0.29, 0.717) is 19.5 Å². The first-order chi connectivity index (χ1) is 10.3. The molecule has 1 aromatic heterocycles. The number of nitrogens with one attached hydrogen (secondary N) is 1. The number of fused-ring (bicyclic) bond motifs is 5. The first-order valence-electron chi connectivity index (χ1n) is 7.18. The molecule has 0 atom stereocenters. The molecule has 1 amide bonds. The van der Waals surface area contributed by atoms with Crippen LogP contribution in [-0.4, -0.2) is 17.1 Å². The minimum atomic E-state index is -0.320. The van der Waals surface area contributed by atoms with Crippen molar-refractivity contribution >= 4 is 27.7 Å². The van der Waals surface area contributed by atoms with Gasteiger partial charge in [0, 0.05) is 40.5 Å². The largest absolute Gasteiger partial charge is 0.348 e. The van der Waals surface area contributed by atoms with Gasteiger partial charge >= 0.3 is 0 Å². The Bertz CT molecular complexity index is 866. The predicted octanol–water partition coefficient (Wildman–Crippen LogP) is 3.40. The molecule has 3 nitrogen and oxygen atoms in total. The normalized spacial score (nSPS) is 13.9. The van der Waals surface area contributed by atoms with Gasteiger partial charge in [-0.1, -0.05) is 18.2 Å². The highest BCUT2D eigenvalue weighted by Crippen LogP contribution is 2.35. The Labute approximate surface area is 121 Å². The molecule has 1 aliphatic rings. The van der Waals surface area contributed by atoms with Crippen LogP contribution in [0.15, 0.2) is 36.4 Å². The molecule has 1 N–H and O–H groups in total. The van der Waals surface area contributed by atoms with E-state index in [1.54, 1.807) is 0 Å². The summed E-state index contributed by atoms with van der Waals surface area (Å²) in [6.07, 6.45) is 0.502. The van der Waals surface area contributed by atoms with Crippen LogP contribution in [0.2, 0.25) is 0 Å². The summed E-state index contributed by atoms with van der Waals surface area (Å²) in [5.74, 6) is -0.00695. The lowest BCUT2D eigenvalue weighted by molar-refractivity contribution is 0.0966. The van der Waals surface area contributed by atoms with Crippen LogP contribution in [0, 0.1) is 0 Å². The van der Waals surface area contributed by atoms with Crippen molar-refractivity contribution in [1.29, 1.82) is 0 Å². The number of alkyl halides is 1. The number of rotatable bonds is 3. The van der Waals surface area contributed by atoms with Gasteiger partial charge in [0.25, 0.3) is 5.91 Å². The molecule has 21 heavy (non-hydrogen) atoms. The third kappa shape index (κ3) is 1.68. The second-order valence-corrected chi connectivity index (χ2v) is 5.38. The zero-order valence-electron chi connectivity index (χ0n) is 11.5. The molecule has 2 heterocycles. The maximum atomic E-state index is 12.6.